The minimum Gasteiger partial charge on any atom is -0.377 e. The number of fused-ring (bicyclic) bond motifs is 1. The van der Waals surface area contributed by atoms with Gasteiger partial charge in [-0.3, -0.25) is 4.98 Å². The lowest BCUT2D eigenvalue weighted by Gasteiger charge is -1.98. The van der Waals surface area contributed by atoms with Gasteiger partial charge in [-0.25, -0.2) is 9.78 Å². The van der Waals surface area contributed by atoms with Crippen LogP contribution in [0.2, 0.25) is 0 Å². The first-order valence-electron chi connectivity index (χ1n) is 3.73. The van der Waals surface area contributed by atoms with Crippen LogP contribution < -0.4 is 5.69 Å². The molecule has 0 saturated carbocycles. The number of ether oxygens (including phenoxy) is 1. The smallest absolute Gasteiger partial charge is 0.349 e. The summed E-state index contributed by atoms with van der Waals surface area (Å²) < 4.78 is 6.04. The Morgan fingerprint density at radius 3 is 3.31 bits per heavy atom. The molecule has 6 nitrogen and oxygen atoms in total. The molecular weight excluding hydrogens is 172 g/mol. The van der Waals surface area contributed by atoms with Crippen molar-refractivity contribution in [1.82, 2.24) is 19.6 Å². The van der Waals surface area contributed by atoms with Crippen molar-refractivity contribution in [3.63, 3.8) is 0 Å². The molecule has 2 aromatic rings. The fraction of sp³-hybridized carbons (Fsp3) is 0.286. The van der Waals surface area contributed by atoms with E-state index in [0.717, 1.165) is 0 Å². The van der Waals surface area contributed by atoms with Crippen LogP contribution in [0.1, 0.15) is 5.82 Å². The van der Waals surface area contributed by atoms with Gasteiger partial charge in [-0.05, 0) is 0 Å². The van der Waals surface area contributed by atoms with Gasteiger partial charge < -0.3 is 4.74 Å². The summed E-state index contributed by atoms with van der Waals surface area (Å²) in [5.41, 5.74) is 0.220. The van der Waals surface area contributed by atoms with Gasteiger partial charge in [0.25, 0.3) is 0 Å². The fourth-order valence-corrected chi connectivity index (χ4v) is 1.09. The van der Waals surface area contributed by atoms with Crippen LogP contribution in [0.15, 0.2) is 17.1 Å². The highest BCUT2D eigenvalue weighted by molar-refractivity contribution is 5.34. The van der Waals surface area contributed by atoms with Crippen LogP contribution in [0, 0.1) is 0 Å². The second-order valence-corrected chi connectivity index (χ2v) is 2.52. The first-order chi connectivity index (χ1) is 6.31. The lowest BCUT2D eigenvalue weighted by Crippen LogP contribution is -2.20. The number of hydrogen-bond donors (Lipinski definition) is 1. The van der Waals surface area contributed by atoms with Crippen molar-refractivity contribution < 1.29 is 4.74 Å². The van der Waals surface area contributed by atoms with Crippen molar-refractivity contribution in [3.05, 3.63) is 28.6 Å². The number of aromatic nitrogens is 4. The first kappa shape index (κ1) is 7.93. The van der Waals surface area contributed by atoms with Crippen molar-refractivity contribution >= 4 is 5.65 Å². The zero-order valence-electron chi connectivity index (χ0n) is 7.02. The van der Waals surface area contributed by atoms with E-state index in [4.69, 9.17) is 4.74 Å². The standard InChI is InChI=1S/C7H8N4O2/c1-13-4-5-9-6-2-3-8-11(6)7(12)10-5/h2-3H,4H2,1H3,(H,9,10,12). The van der Waals surface area contributed by atoms with E-state index in [1.807, 2.05) is 0 Å². The molecule has 1 N–H and O–H groups in total. The molecule has 0 aromatic carbocycles. The third-order valence-corrected chi connectivity index (χ3v) is 1.60. The molecule has 0 amide bonds. The minimum atomic E-state index is -0.304. The summed E-state index contributed by atoms with van der Waals surface area (Å²) in [5.74, 6) is 0.500. The number of rotatable bonds is 2. The van der Waals surface area contributed by atoms with Gasteiger partial charge in [-0.1, -0.05) is 0 Å². The highest BCUT2D eigenvalue weighted by atomic mass is 16.5. The number of nitrogens with one attached hydrogen (secondary N) is 1. The van der Waals surface area contributed by atoms with Crippen LogP contribution in [0.4, 0.5) is 0 Å². The van der Waals surface area contributed by atoms with Crippen LogP contribution in [-0.4, -0.2) is 26.7 Å². The van der Waals surface area contributed by atoms with E-state index >= 15 is 0 Å². The Morgan fingerprint density at radius 2 is 2.54 bits per heavy atom. The van der Waals surface area contributed by atoms with Crippen LogP contribution >= 0.6 is 0 Å². The Hall–Kier alpha value is -1.69. The molecule has 2 aromatic heterocycles. The highest BCUT2D eigenvalue weighted by Crippen LogP contribution is 1.94. The maximum atomic E-state index is 11.3. The molecule has 2 rings (SSSR count). The van der Waals surface area contributed by atoms with Crippen molar-refractivity contribution in [2.45, 2.75) is 6.61 Å². The molecule has 0 aliphatic carbocycles. The van der Waals surface area contributed by atoms with Crippen molar-refractivity contribution in [2.24, 2.45) is 0 Å². The monoisotopic (exact) mass is 180 g/mol. The summed E-state index contributed by atoms with van der Waals surface area (Å²) in [6.07, 6.45) is 1.52. The van der Waals surface area contributed by atoms with Gasteiger partial charge in [0.05, 0.1) is 6.20 Å². The van der Waals surface area contributed by atoms with E-state index in [1.54, 1.807) is 13.2 Å². The summed E-state index contributed by atoms with van der Waals surface area (Å²) in [5, 5.41) is 3.79. The number of aromatic amines is 1. The number of methoxy groups -OCH3 is 1. The van der Waals surface area contributed by atoms with E-state index in [2.05, 4.69) is 15.1 Å². The Morgan fingerprint density at radius 1 is 1.69 bits per heavy atom. The molecular formula is C7H8N4O2. The van der Waals surface area contributed by atoms with Gasteiger partial charge in [0, 0.05) is 13.2 Å². The number of nitrogens with zero attached hydrogens (tertiary/aromatic N) is 3. The SMILES string of the molecule is COCc1nc2ccnn2c(=O)[nH]1. The Labute approximate surface area is 73.2 Å². The molecule has 0 bridgehead atoms. The van der Waals surface area contributed by atoms with E-state index in [9.17, 15) is 4.79 Å². The molecule has 0 fully saturated rings. The van der Waals surface area contributed by atoms with Gasteiger partial charge >= 0.3 is 5.69 Å². The van der Waals surface area contributed by atoms with Gasteiger partial charge in [0.15, 0.2) is 5.65 Å². The predicted molar refractivity (Wildman–Crippen MR) is 44.3 cm³/mol. The van der Waals surface area contributed by atoms with Crippen molar-refractivity contribution in [1.29, 1.82) is 0 Å². The van der Waals surface area contributed by atoms with Crippen LogP contribution in [0.5, 0.6) is 0 Å². The second-order valence-electron chi connectivity index (χ2n) is 2.52. The van der Waals surface area contributed by atoms with E-state index < -0.39 is 0 Å². The summed E-state index contributed by atoms with van der Waals surface area (Å²) >= 11 is 0. The summed E-state index contributed by atoms with van der Waals surface area (Å²) in [6, 6.07) is 1.66. The molecule has 0 aliphatic rings. The molecule has 2 heterocycles. The second kappa shape index (κ2) is 2.98. The molecule has 0 radical (unpaired) electrons. The van der Waals surface area contributed by atoms with Gasteiger partial charge in [-0.2, -0.15) is 9.61 Å². The molecule has 13 heavy (non-hydrogen) atoms. The fourth-order valence-electron chi connectivity index (χ4n) is 1.09. The predicted octanol–water partition coefficient (Wildman–Crippen LogP) is -0.436. The van der Waals surface area contributed by atoms with E-state index in [-0.39, 0.29) is 12.3 Å². The Kier molecular flexibility index (Phi) is 1.82. The number of H-pyrrole nitrogens is 1. The zero-order chi connectivity index (χ0) is 9.26. The minimum absolute atomic E-state index is 0.289. The van der Waals surface area contributed by atoms with Gasteiger partial charge in [0.1, 0.15) is 12.4 Å². The third-order valence-electron chi connectivity index (χ3n) is 1.60. The number of hydrogen-bond acceptors (Lipinski definition) is 4. The molecule has 0 aliphatic heterocycles. The average Bonchev–Trinajstić information content (AvgIpc) is 2.53. The average molecular weight is 180 g/mol. The van der Waals surface area contributed by atoms with Crippen molar-refractivity contribution in [3.8, 4) is 0 Å². The third kappa shape index (κ3) is 1.31. The highest BCUT2D eigenvalue weighted by Gasteiger charge is 2.01. The Balaban J connectivity index is 2.63. The molecule has 0 unspecified atom stereocenters. The summed E-state index contributed by atoms with van der Waals surface area (Å²) in [6.45, 7) is 0.289. The van der Waals surface area contributed by atoms with Crippen molar-refractivity contribution in [2.75, 3.05) is 7.11 Å². The van der Waals surface area contributed by atoms with Gasteiger partial charge in [0.2, 0.25) is 0 Å². The van der Waals surface area contributed by atoms with E-state index in [0.29, 0.717) is 11.5 Å². The molecule has 0 saturated heterocycles. The molecule has 0 spiro atoms. The normalized spacial score (nSPS) is 10.8. The maximum absolute atomic E-state index is 11.3. The quantitative estimate of drug-likeness (QED) is 0.680. The molecule has 0 atom stereocenters. The lowest BCUT2D eigenvalue weighted by atomic mass is 10.6. The first-order valence-corrected chi connectivity index (χ1v) is 3.73. The van der Waals surface area contributed by atoms with Gasteiger partial charge in [-0.15, -0.1) is 0 Å². The summed E-state index contributed by atoms with van der Waals surface area (Å²) in [7, 11) is 1.54. The topological polar surface area (TPSA) is 72.3 Å². The maximum Gasteiger partial charge on any atom is 0.349 e. The van der Waals surface area contributed by atoms with Crippen LogP contribution in [0.25, 0.3) is 5.65 Å². The van der Waals surface area contributed by atoms with E-state index in [1.165, 1.54) is 10.7 Å². The molecule has 6 heteroatoms. The summed E-state index contributed by atoms with van der Waals surface area (Å²) in [4.78, 5) is 17.9. The molecule has 68 valence electrons. The zero-order valence-corrected chi connectivity index (χ0v) is 7.02. The largest absolute Gasteiger partial charge is 0.377 e. The van der Waals surface area contributed by atoms with Crippen LogP contribution in [-0.2, 0) is 11.3 Å². The lowest BCUT2D eigenvalue weighted by molar-refractivity contribution is 0.177. The van der Waals surface area contributed by atoms with Crippen LogP contribution in [0.3, 0.4) is 0 Å². The Bertz CT molecular complexity index is 473.